The topological polar surface area (TPSA) is 116 Å². The number of aliphatic imine (C=N–C) groups is 1. The predicted octanol–water partition coefficient (Wildman–Crippen LogP) is 3.64. The minimum Gasteiger partial charge on any atom is -0.369 e. The van der Waals surface area contributed by atoms with Crippen LogP contribution in [-0.2, 0) is 4.79 Å². The van der Waals surface area contributed by atoms with Crippen LogP contribution in [0, 0.1) is 11.3 Å². The SMILES string of the molecule is CC(C)NC(=O)C1=CC(c2ccc(N=C(N)Nc3ccccc3C#N)nc2)=CCC1. The number of nitrogens with zero attached hydrogens (tertiary/aromatic N) is 3. The molecule has 4 N–H and O–H groups in total. The Kier molecular flexibility index (Phi) is 6.60. The molecule has 0 saturated carbocycles. The summed E-state index contributed by atoms with van der Waals surface area (Å²) >= 11 is 0. The Balaban J connectivity index is 1.72. The van der Waals surface area contributed by atoms with Crippen LogP contribution in [-0.4, -0.2) is 22.9 Å². The van der Waals surface area contributed by atoms with Crippen LogP contribution in [0.15, 0.2) is 65.3 Å². The summed E-state index contributed by atoms with van der Waals surface area (Å²) in [4.78, 5) is 20.9. The summed E-state index contributed by atoms with van der Waals surface area (Å²) in [7, 11) is 0. The number of aromatic nitrogens is 1. The van der Waals surface area contributed by atoms with Gasteiger partial charge in [0.05, 0.1) is 11.3 Å². The molecule has 0 saturated heterocycles. The molecule has 1 aliphatic rings. The van der Waals surface area contributed by atoms with Gasteiger partial charge in [-0.3, -0.25) is 4.79 Å². The first-order valence-electron chi connectivity index (χ1n) is 9.74. The predicted molar refractivity (Wildman–Crippen MR) is 119 cm³/mol. The number of pyridine rings is 1. The monoisotopic (exact) mass is 400 g/mol. The Morgan fingerprint density at radius 3 is 2.77 bits per heavy atom. The van der Waals surface area contributed by atoms with Crippen molar-refractivity contribution in [2.24, 2.45) is 10.7 Å². The molecule has 0 aliphatic heterocycles. The number of amides is 1. The van der Waals surface area contributed by atoms with Crippen molar-refractivity contribution >= 4 is 28.9 Å². The Morgan fingerprint density at radius 2 is 2.07 bits per heavy atom. The molecule has 2 aromatic rings. The highest BCUT2D eigenvalue weighted by atomic mass is 16.1. The van der Waals surface area contributed by atoms with Gasteiger partial charge in [0.25, 0.3) is 0 Å². The lowest BCUT2D eigenvalue weighted by Crippen LogP contribution is -2.31. The van der Waals surface area contributed by atoms with Gasteiger partial charge in [0.15, 0.2) is 11.8 Å². The summed E-state index contributed by atoms with van der Waals surface area (Å²) in [6.45, 7) is 3.89. The number of para-hydroxylation sites is 1. The maximum atomic E-state index is 12.3. The van der Waals surface area contributed by atoms with Crippen LogP contribution in [0.5, 0.6) is 0 Å². The summed E-state index contributed by atoms with van der Waals surface area (Å²) in [5, 5.41) is 15.0. The Labute approximate surface area is 176 Å². The molecule has 152 valence electrons. The molecule has 0 fully saturated rings. The van der Waals surface area contributed by atoms with Crippen molar-refractivity contribution in [1.82, 2.24) is 10.3 Å². The quantitative estimate of drug-likeness (QED) is 0.523. The number of hydrogen-bond acceptors (Lipinski definition) is 4. The first kappa shape index (κ1) is 20.8. The van der Waals surface area contributed by atoms with Gasteiger partial charge in [0.2, 0.25) is 5.91 Å². The van der Waals surface area contributed by atoms with E-state index in [0.29, 0.717) is 17.1 Å². The Morgan fingerprint density at radius 1 is 1.27 bits per heavy atom. The minimum absolute atomic E-state index is 0.0266. The molecule has 0 bridgehead atoms. The van der Waals surface area contributed by atoms with E-state index in [1.165, 1.54) is 0 Å². The van der Waals surface area contributed by atoms with Crippen LogP contribution in [0.1, 0.15) is 37.8 Å². The van der Waals surface area contributed by atoms with Crippen LogP contribution < -0.4 is 16.4 Å². The molecule has 0 radical (unpaired) electrons. The molecule has 1 aromatic heterocycles. The van der Waals surface area contributed by atoms with Gasteiger partial charge in [0, 0.05) is 17.8 Å². The Bertz CT molecular complexity index is 1060. The second-order valence-electron chi connectivity index (χ2n) is 7.18. The first-order chi connectivity index (χ1) is 14.5. The number of anilines is 1. The number of benzene rings is 1. The summed E-state index contributed by atoms with van der Waals surface area (Å²) in [6, 6.07) is 12.9. The van der Waals surface area contributed by atoms with Crippen molar-refractivity contribution in [3.05, 3.63) is 71.4 Å². The third kappa shape index (κ3) is 5.32. The molecule has 7 heteroatoms. The lowest BCUT2D eigenvalue weighted by atomic mass is 9.95. The largest absolute Gasteiger partial charge is 0.369 e. The summed E-state index contributed by atoms with van der Waals surface area (Å²) in [5.41, 5.74) is 9.67. The second kappa shape index (κ2) is 9.52. The number of nitriles is 1. The highest BCUT2D eigenvalue weighted by molar-refractivity contribution is 5.97. The molecular formula is C23H24N6O. The van der Waals surface area contributed by atoms with Crippen LogP contribution in [0.25, 0.3) is 5.57 Å². The average molecular weight is 400 g/mol. The maximum absolute atomic E-state index is 12.3. The molecule has 1 heterocycles. The van der Waals surface area contributed by atoms with Gasteiger partial charge in [-0.2, -0.15) is 10.3 Å². The number of nitrogens with one attached hydrogen (secondary N) is 2. The van der Waals surface area contributed by atoms with Crippen LogP contribution >= 0.6 is 0 Å². The van der Waals surface area contributed by atoms with Gasteiger partial charge >= 0.3 is 0 Å². The van der Waals surface area contributed by atoms with Gasteiger partial charge in [-0.15, -0.1) is 0 Å². The summed E-state index contributed by atoms with van der Waals surface area (Å²) in [6.07, 6.45) is 7.25. The zero-order valence-corrected chi connectivity index (χ0v) is 17.0. The molecule has 7 nitrogen and oxygen atoms in total. The van der Waals surface area contributed by atoms with Gasteiger partial charge in [-0.25, -0.2) is 4.98 Å². The number of rotatable bonds is 5. The first-order valence-corrected chi connectivity index (χ1v) is 9.74. The van der Waals surface area contributed by atoms with Crippen molar-refractivity contribution in [3.63, 3.8) is 0 Å². The smallest absolute Gasteiger partial charge is 0.247 e. The fourth-order valence-electron chi connectivity index (χ4n) is 3.04. The molecule has 1 amide bonds. The maximum Gasteiger partial charge on any atom is 0.247 e. The van der Waals surface area contributed by atoms with E-state index in [-0.39, 0.29) is 17.9 Å². The second-order valence-corrected chi connectivity index (χ2v) is 7.18. The average Bonchev–Trinajstić information content (AvgIpc) is 2.74. The van der Waals surface area contributed by atoms with Gasteiger partial charge in [-0.1, -0.05) is 18.2 Å². The third-order valence-corrected chi connectivity index (χ3v) is 4.45. The van der Waals surface area contributed by atoms with E-state index in [9.17, 15) is 4.79 Å². The third-order valence-electron chi connectivity index (χ3n) is 4.45. The Hall–Kier alpha value is -3.92. The molecule has 1 aromatic carbocycles. The summed E-state index contributed by atoms with van der Waals surface area (Å²) in [5.74, 6) is 0.556. The van der Waals surface area contributed by atoms with E-state index in [2.05, 4.69) is 32.8 Å². The number of carbonyl (C=O) groups excluding carboxylic acids is 1. The lowest BCUT2D eigenvalue weighted by molar-refractivity contribution is -0.118. The zero-order valence-electron chi connectivity index (χ0n) is 17.0. The molecule has 0 unspecified atom stereocenters. The van der Waals surface area contributed by atoms with E-state index in [1.807, 2.05) is 32.1 Å². The van der Waals surface area contributed by atoms with Crippen molar-refractivity contribution < 1.29 is 4.79 Å². The molecule has 30 heavy (non-hydrogen) atoms. The normalized spacial score (nSPS) is 13.9. The van der Waals surface area contributed by atoms with Crippen LogP contribution in [0.4, 0.5) is 11.5 Å². The van der Waals surface area contributed by atoms with Gasteiger partial charge in [-0.05, 0) is 68.2 Å². The van der Waals surface area contributed by atoms with E-state index in [1.54, 1.807) is 30.5 Å². The van der Waals surface area contributed by atoms with Gasteiger partial charge < -0.3 is 16.4 Å². The number of allylic oxidation sites excluding steroid dienone is 3. The molecular weight excluding hydrogens is 376 g/mol. The fraction of sp³-hybridized carbons (Fsp3) is 0.217. The minimum atomic E-state index is -0.0266. The molecule has 0 spiro atoms. The molecule has 0 atom stereocenters. The number of guanidine groups is 1. The van der Waals surface area contributed by atoms with Gasteiger partial charge in [0.1, 0.15) is 6.07 Å². The molecule has 1 aliphatic carbocycles. The fourth-order valence-corrected chi connectivity index (χ4v) is 3.04. The summed E-state index contributed by atoms with van der Waals surface area (Å²) < 4.78 is 0. The van der Waals surface area contributed by atoms with Crippen molar-refractivity contribution in [2.45, 2.75) is 32.7 Å². The zero-order chi connectivity index (χ0) is 21.5. The van der Waals surface area contributed by atoms with E-state index < -0.39 is 0 Å². The highest BCUT2D eigenvalue weighted by Gasteiger charge is 2.15. The number of nitrogens with two attached hydrogens (primary N) is 1. The van der Waals surface area contributed by atoms with Crippen molar-refractivity contribution in [1.29, 1.82) is 5.26 Å². The lowest BCUT2D eigenvalue weighted by Gasteiger charge is -2.15. The number of hydrogen-bond donors (Lipinski definition) is 3. The van der Waals surface area contributed by atoms with Crippen molar-refractivity contribution in [3.8, 4) is 6.07 Å². The van der Waals surface area contributed by atoms with Crippen molar-refractivity contribution in [2.75, 3.05) is 5.32 Å². The highest BCUT2D eigenvalue weighted by Crippen LogP contribution is 2.26. The van der Waals surface area contributed by atoms with Crippen LogP contribution in [0.3, 0.4) is 0 Å². The van der Waals surface area contributed by atoms with Crippen LogP contribution in [0.2, 0.25) is 0 Å². The van der Waals surface area contributed by atoms with E-state index >= 15 is 0 Å². The number of carbonyl (C=O) groups is 1. The van der Waals surface area contributed by atoms with E-state index in [0.717, 1.165) is 29.6 Å². The van der Waals surface area contributed by atoms with E-state index in [4.69, 9.17) is 11.0 Å². The standard InChI is InChI=1S/C23H24N6O/c1-15(2)27-22(30)17-8-5-7-16(12-17)19-10-11-21(26-14-19)29-23(25)28-20-9-4-3-6-18(20)13-24/h3-4,6-7,9-12,14-15H,5,8H2,1-2H3,(H,27,30)(H3,25,26,28,29). The molecule has 3 rings (SSSR count).